The highest BCUT2D eigenvalue weighted by Gasteiger charge is 2.46. The van der Waals surface area contributed by atoms with Crippen LogP contribution in [0.3, 0.4) is 0 Å². The van der Waals surface area contributed by atoms with Crippen LogP contribution < -0.4 is 0 Å². The van der Waals surface area contributed by atoms with Crippen LogP contribution in [0, 0.1) is 18.3 Å². The highest BCUT2D eigenvalue weighted by molar-refractivity contribution is 5.66. The quantitative estimate of drug-likeness (QED) is 0.572. The van der Waals surface area contributed by atoms with Crippen LogP contribution in [0.15, 0.2) is 30.3 Å². The van der Waals surface area contributed by atoms with E-state index < -0.39 is 42.3 Å². The van der Waals surface area contributed by atoms with Gasteiger partial charge in [-0.2, -0.15) is 0 Å². The average molecular weight is 360 g/mol. The smallest absolute Gasteiger partial charge is 0.303 e. The van der Waals surface area contributed by atoms with Gasteiger partial charge in [0.25, 0.3) is 0 Å². The standard InChI is InChI=1S/C20H24O6/c1-5-17-18(12-23-14(3)21)25-13(2)19(20(17)26-15(4)22)24-11-16-9-7-6-8-10-16/h1,6-10,13,17-20H,11-12H2,2-4H3. The summed E-state index contributed by atoms with van der Waals surface area (Å²) < 4.78 is 22.4. The maximum absolute atomic E-state index is 11.6. The van der Waals surface area contributed by atoms with Crippen molar-refractivity contribution in [2.24, 2.45) is 5.92 Å². The number of carbonyl (C=O) groups is 2. The second kappa shape index (κ2) is 9.37. The number of hydrogen-bond donors (Lipinski definition) is 0. The zero-order chi connectivity index (χ0) is 19.1. The molecule has 1 aromatic carbocycles. The molecule has 1 heterocycles. The SMILES string of the molecule is C#CC1C(COC(C)=O)OC(C)C(OCc2ccccc2)C1OC(C)=O. The summed E-state index contributed by atoms with van der Waals surface area (Å²) in [5.74, 6) is 1.14. The molecule has 6 heteroatoms. The number of rotatable bonds is 6. The molecule has 1 aliphatic heterocycles. The predicted octanol–water partition coefficient (Wildman–Crippen LogP) is 2.10. The highest BCUT2D eigenvalue weighted by Crippen LogP contribution is 2.31. The molecule has 2 rings (SSSR count). The van der Waals surface area contributed by atoms with Gasteiger partial charge in [-0.05, 0) is 12.5 Å². The largest absolute Gasteiger partial charge is 0.463 e. The molecule has 1 fully saturated rings. The van der Waals surface area contributed by atoms with Crippen molar-refractivity contribution in [2.45, 2.75) is 51.8 Å². The van der Waals surface area contributed by atoms with Gasteiger partial charge in [0.2, 0.25) is 0 Å². The first-order chi connectivity index (χ1) is 12.4. The van der Waals surface area contributed by atoms with Crippen LogP contribution in [0.1, 0.15) is 26.3 Å². The minimum atomic E-state index is -0.689. The third-order valence-electron chi connectivity index (χ3n) is 4.16. The summed E-state index contributed by atoms with van der Waals surface area (Å²) in [7, 11) is 0. The molecule has 0 amide bonds. The van der Waals surface area contributed by atoms with Crippen LogP contribution >= 0.6 is 0 Å². The van der Waals surface area contributed by atoms with E-state index in [2.05, 4.69) is 5.92 Å². The van der Waals surface area contributed by atoms with E-state index in [9.17, 15) is 9.59 Å². The Kier molecular flexibility index (Phi) is 7.19. The maximum atomic E-state index is 11.6. The summed E-state index contributed by atoms with van der Waals surface area (Å²) in [6.07, 6.45) is 3.48. The van der Waals surface area contributed by atoms with E-state index in [1.165, 1.54) is 13.8 Å². The van der Waals surface area contributed by atoms with Gasteiger partial charge in [0.05, 0.1) is 18.6 Å². The number of benzene rings is 1. The van der Waals surface area contributed by atoms with Gasteiger partial charge in [-0.25, -0.2) is 0 Å². The fourth-order valence-electron chi connectivity index (χ4n) is 2.99. The molecule has 0 spiro atoms. The van der Waals surface area contributed by atoms with E-state index in [1.807, 2.05) is 37.3 Å². The van der Waals surface area contributed by atoms with Crippen LogP contribution in [0.2, 0.25) is 0 Å². The zero-order valence-electron chi connectivity index (χ0n) is 15.2. The first-order valence-electron chi connectivity index (χ1n) is 8.50. The van der Waals surface area contributed by atoms with Gasteiger partial charge in [-0.3, -0.25) is 9.59 Å². The fraction of sp³-hybridized carbons (Fsp3) is 0.500. The monoisotopic (exact) mass is 360 g/mol. The zero-order valence-corrected chi connectivity index (χ0v) is 15.2. The van der Waals surface area contributed by atoms with E-state index in [-0.39, 0.29) is 6.61 Å². The van der Waals surface area contributed by atoms with E-state index >= 15 is 0 Å². The molecular weight excluding hydrogens is 336 g/mol. The van der Waals surface area contributed by atoms with Crippen molar-refractivity contribution in [3.8, 4) is 12.3 Å². The van der Waals surface area contributed by atoms with Crippen molar-refractivity contribution < 1.29 is 28.5 Å². The van der Waals surface area contributed by atoms with Gasteiger partial charge < -0.3 is 18.9 Å². The molecular formula is C20H24O6. The number of hydrogen-bond acceptors (Lipinski definition) is 6. The molecule has 0 bridgehead atoms. The van der Waals surface area contributed by atoms with Crippen molar-refractivity contribution in [1.82, 2.24) is 0 Å². The van der Waals surface area contributed by atoms with Gasteiger partial charge in [0.1, 0.15) is 24.9 Å². The van der Waals surface area contributed by atoms with Gasteiger partial charge in [0.15, 0.2) is 0 Å². The molecule has 0 radical (unpaired) electrons. The second-order valence-corrected chi connectivity index (χ2v) is 6.21. The molecule has 1 aromatic rings. The molecule has 26 heavy (non-hydrogen) atoms. The normalized spacial score (nSPS) is 28.0. The number of ether oxygens (including phenoxy) is 4. The van der Waals surface area contributed by atoms with Gasteiger partial charge in [-0.15, -0.1) is 6.42 Å². The van der Waals surface area contributed by atoms with Crippen LogP contribution in [-0.2, 0) is 35.1 Å². The van der Waals surface area contributed by atoms with E-state index in [1.54, 1.807) is 0 Å². The summed E-state index contributed by atoms with van der Waals surface area (Å²) in [5.41, 5.74) is 0.987. The maximum Gasteiger partial charge on any atom is 0.303 e. The molecule has 0 N–H and O–H groups in total. The Hall–Kier alpha value is -2.36. The Labute approximate surface area is 153 Å². The summed E-state index contributed by atoms with van der Waals surface area (Å²) in [5, 5.41) is 0. The number of carbonyl (C=O) groups excluding carboxylic acids is 2. The van der Waals surface area contributed by atoms with E-state index in [0.717, 1.165) is 5.56 Å². The molecule has 0 aromatic heterocycles. The number of esters is 2. The summed E-state index contributed by atoms with van der Waals surface area (Å²) in [6, 6.07) is 9.64. The van der Waals surface area contributed by atoms with Crippen molar-refractivity contribution in [3.63, 3.8) is 0 Å². The van der Waals surface area contributed by atoms with Crippen LogP contribution in [0.4, 0.5) is 0 Å². The van der Waals surface area contributed by atoms with Crippen molar-refractivity contribution in [1.29, 1.82) is 0 Å². The second-order valence-electron chi connectivity index (χ2n) is 6.21. The average Bonchev–Trinajstić information content (AvgIpc) is 2.59. The summed E-state index contributed by atoms with van der Waals surface area (Å²) in [4.78, 5) is 22.7. The topological polar surface area (TPSA) is 71.1 Å². The molecule has 5 unspecified atom stereocenters. The Morgan fingerprint density at radius 1 is 1.15 bits per heavy atom. The molecule has 6 nitrogen and oxygen atoms in total. The van der Waals surface area contributed by atoms with Crippen molar-refractivity contribution >= 4 is 11.9 Å². The predicted molar refractivity (Wildman–Crippen MR) is 93.9 cm³/mol. The third-order valence-corrected chi connectivity index (χ3v) is 4.16. The molecule has 5 atom stereocenters. The lowest BCUT2D eigenvalue weighted by atomic mass is 9.87. The van der Waals surface area contributed by atoms with Gasteiger partial charge in [0, 0.05) is 13.8 Å². The first kappa shape index (κ1) is 20.0. The highest BCUT2D eigenvalue weighted by atomic mass is 16.6. The first-order valence-corrected chi connectivity index (χ1v) is 8.50. The summed E-state index contributed by atoms with van der Waals surface area (Å²) in [6.45, 7) is 4.79. The molecule has 1 aliphatic rings. The Balaban J connectivity index is 2.15. The fourth-order valence-corrected chi connectivity index (χ4v) is 2.99. The Morgan fingerprint density at radius 2 is 1.85 bits per heavy atom. The minimum absolute atomic E-state index is 0.00227. The lowest BCUT2D eigenvalue weighted by Crippen LogP contribution is -2.56. The molecule has 0 aliphatic carbocycles. The summed E-state index contributed by atoms with van der Waals surface area (Å²) >= 11 is 0. The van der Waals surface area contributed by atoms with Crippen LogP contribution in [-0.4, -0.2) is 43.0 Å². The van der Waals surface area contributed by atoms with Crippen molar-refractivity contribution in [3.05, 3.63) is 35.9 Å². The molecule has 140 valence electrons. The van der Waals surface area contributed by atoms with Gasteiger partial charge >= 0.3 is 11.9 Å². The lowest BCUT2D eigenvalue weighted by Gasteiger charge is -2.43. The van der Waals surface area contributed by atoms with E-state index in [4.69, 9.17) is 25.4 Å². The van der Waals surface area contributed by atoms with Crippen LogP contribution in [0.25, 0.3) is 0 Å². The van der Waals surface area contributed by atoms with Crippen molar-refractivity contribution in [2.75, 3.05) is 6.61 Å². The van der Waals surface area contributed by atoms with Gasteiger partial charge in [-0.1, -0.05) is 36.3 Å². The lowest BCUT2D eigenvalue weighted by molar-refractivity contribution is -0.223. The Bertz CT molecular complexity index is 650. The third kappa shape index (κ3) is 5.32. The molecule has 1 saturated heterocycles. The Morgan fingerprint density at radius 3 is 2.42 bits per heavy atom. The van der Waals surface area contributed by atoms with Crippen LogP contribution in [0.5, 0.6) is 0 Å². The minimum Gasteiger partial charge on any atom is -0.463 e. The molecule has 0 saturated carbocycles. The van der Waals surface area contributed by atoms with E-state index in [0.29, 0.717) is 6.61 Å². The number of terminal acetylenes is 1.